The lowest BCUT2D eigenvalue weighted by Gasteiger charge is -2.10. The van der Waals surface area contributed by atoms with E-state index in [1.54, 1.807) is 0 Å². The van der Waals surface area contributed by atoms with Crippen LogP contribution in [-0.4, -0.2) is 15.0 Å². The van der Waals surface area contributed by atoms with Gasteiger partial charge in [-0.15, -0.1) is 0 Å². The summed E-state index contributed by atoms with van der Waals surface area (Å²) in [5.41, 5.74) is 9.01. The molecule has 4 nitrogen and oxygen atoms in total. The van der Waals surface area contributed by atoms with Gasteiger partial charge in [0.25, 0.3) is 0 Å². The molecule has 10 rings (SSSR count). The van der Waals surface area contributed by atoms with Crippen molar-refractivity contribution in [3.63, 3.8) is 0 Å². The number of hydrogen-bond acceptors (Lipinski definition) is 4. The third-order valence-electron chi connectivity index (χ3n) is 9.71. The average Bonchev–Trinajstić information content (AvgIpc) is 3.59. The molecule has 0 atom stereocenters. The van der Waals surface area contributed by atoms with Crippen molar-refractivity contribution in [1.82, 2.24) is 15.0 Å². The van der Waals surface area contributed by atoms with Crippen LogP contribution in [0.3, 0.4) is 0 Å². The van der Waals surface area contributed by atoms with E-state index in [9.17, 15) is 0 Å². The topological polar surface area (TPSA) is 51.8 Å². The van der Waals surface area contributed by atoms with Gasteiger partial charge in [0.05, 0.1) is 0 Å². The molecule has 0 aliphatic heterocycles. The molecule has 51 heavy (non-hydrogen) atoms. The molecule has 0 saturated carbocycles. The Kier molecular flexibility index (Phi) is 6.78. The lowest BCUT2D eigenvalue weighted by molar-refractivity contribution is 0.669. The van der Waals surface area contributed by atoms with Crippen molar-refractivity contribution in [2.75, 3.05) is 0 Å². The second-order valence-electron chi connectivity index (χ2n) is 12.8. The smallest absolute Gasteiger partial charge is 0.164 e. The van der Waals surface area contributed by atoms with E-state index in [2.05, 4.69) is 133 Å². The molecule has 0 radical (unpaired) electrons. The van der Waals surface area contributed by atoms with Crippen molar-refractivity contribution < 1.29 is 4.42 Å². The van der Waals surface area contributed by atoms with Crippen molar-refractivity contribution >= 4 is 43.5 Å². The van der Waals surface area contributed by atoms with Crippen LogP contribution >= 0.6 is 0 Å². The molecule has 0 amide bonds. The molecule has 0 fully saturated rings. The normalized spacial score (nSPS) is 11.5. The maximum Gasteiger partial charge on any atom is 0.164 e. The molecule has 238 valence electrons. The lowest BCUT2D eigenvalue weighted by Crippen LogP contribution is -2.00. The number of hydrogen-bond donors (Lipinski definition) is 0. The zero-order valence-corrected chi connectivity index (χ0v) is 27.5. The molecule has 0 N–H and O–H groups in total. The first-order valence-corrected chi connectivity index (χ1v) is 17.1. The molecule has 2 heterocycles. The molecular formula is C47H29N3O. The molecule has 10 aromatic rings. The van der Waals surface area contributed by atoms with Crippen LogP contribution in [0.25, 0.3) is 99.9 Å². The minimum atomic E-state index is 0.593. The Morgan fingerprint density at radius 3 is 1.71 bits per heavy atom. The third-order valence-corrected chi connectivity index (χ3v) is 9.71. The van der Waals surface area contributed by atoms with Gasteiger partial charge in [0.1, 0.15) is 11.2 Å². The van der Waals surface area contributed by atoms with Gasteiger partial charge in [0, 0.05) is 27.5 Å². The summed E-state index contributed by atoms with van der Waals surface area (Å²) >= 11 is 0. The summed E-state index contributed by atoms with van der Waals surface area (Å²) in [6.45, 7) is 0. The van der Waals surface area contributed by atoms with E-state index in [1.807, 2.05) is 42.5 Å². The predicted octanol–water partition coefficient (Wildman–Crippen LogP) is 12.4. The number of nitrogens with zero attached hydrogens (tertiary/aromatic N) is 3. The van der Waals surface area contributed by atoms with Gasteiger partial charge >= 0.3 is 0 Å². The van der Waals surface area contributed by atoms with Gasteiger partial charge in [0.15, 0.2) is 17.5 Å². The van der Waals surface area contributed by atoms with Crippen LogP contribution in [0.4, 0.5) is 0 Å². The molecule has 4 heteroatoms. The summed E-state index contributed by atoms with van der Waals surface area (Å²) in [6.07, 6.45) is 0. The quantitative estimate of drug-likeness (QED) is 0.174. The lowest BCUT2D eigenvalue weighted by atomic mass is 9.96. The highest BCUT2D eigenvalue weighted by molar-refractivity contribution is 6.13. The molecule has 0 saturated heterocycles. The van der Waals surface area contributed by atoms with E-state index in [-0.39, 0.29) is 0 Å². The number of aromatic nitrogens is 3. The summed E-state index contributed by atoms with van der Waals surface area (Å²) in [5.74, 6) is 1.84. The van der Waals surface area contributed by atoms with Gasteiger partial charge in [-0.2, -0.15) is 0 Å². The highest BCUT2D eigenvalue weighted by atomic mass is 16.3. The van der Waals surface area contributed by atoms with Crippen LogP contribution in [0.2, 0.25) is 0 Å². The van der Waals surface area contributed by atoms with Crippen LogP contribution in [0.5, 0.6) is 0 Å². The first-order chi connectivity index (χ1) is 25.2. The molecular weight excluding hydrogens is 623 g/mol. The largest absolute Gasteiger partial charge is 0.456 e. The Balaban J connectivity index is 1.11. The minimum Gasteiger partial charge on any atom is -0.456 e. The predicted molar refractivity (Wildman–Crippen MR) is 209 cm³/mol. The van der Waals surface area contributed by atoms with Gasteiger partial charge in [-0.1, -0.05) is 146 Å². The zero-order valence-electron chi connectivity index (χ0n) is 27.5. The molecule has 0 aliphatic carbocycles. The zero-order chi connectivity index (χ0) is 33.7. The third kappa shape index (κ3) is 5.13. The Bertz CT molecular complexity index is 2910. The van der Waals surface area contributed by atoms with Crippen LogP contribution in [-0.2, 0) is 0 Å². The number of fused-ring (bicyclic) bond motifs is 6. The van der Waals surface area contributed by atoms with Crippen molar-refractivity contribution in [1.29, 1.82) is 0 Å². The summed E-state index contributed by atoms with van der Waals surface area (Å²) < 4.78 is 6.53. The standard InChI is InChI=1S/C47H29N3O/c1-3-11-30(12-4-1)33-16-9-17-34(27-33)40-19-10-20-42-44(40)41-26-24-37(29-43(41)51-42)47-49-45(32-14-5-2-6-15-32)48-46(50-47)36-23-25-39-35(28-36)22-21-31-13-7-8-18-38(31)39/h1-29H. The highest BCUT2D eigenvalue weighted by Crippen LogP contribution is 2.39. The summed E-state index contributed by atoms with van der Waals surface area (Å²) in [6, 6.07) is 61.1. The first-order valence-electron chi connectivity index (χ1n) is 17.1. The molecule has 2 aromatic heterocycles. The summed E-state index contributed by atoms with van der Waals surface area (Å²) in [7, 11) is 0. The first kappa shape index (κ1) is 29.0. The van der Waals surface area contributed by atoms with E-state index >= 15 is 0 Å². The van der Waals surface area contributed by atoms with E-state index in [0.717, 1.165) is 55.1 Å². The SMILES string of the molecule is c1ccc(-c2cccc(-c3cccc4oc5cc(-c6nc(-c7ccccc7)nc(-c7ccc8c(ccc9ccccc98)c7)n6)ccc5c34)c2)cc1. The fraction of sp³-hybridized carbons (Fsp3) is 0. The Hall–Kier alpha value is -6.91. The molecule has 8 aromatic carbocycles. The Morgan fingerprint density at radius 1 is 0.314 bits per heavy atom. The fourth-order valence-corrected chi connectivity index (χ4v) is 7.20. The van der Waals surface area contributed by atoms with Crippen LogP contribution in [0.1, 0.15) is 0 Å². The van der Waals surface area contributed by atoms with Gasteiger partial charge < -0.3 is 4.42 Å². The van der Waals surface area contributed by atoms with Crippen molar-refractivity contribution in [2.24, 2.45) is 0 Å². The maximum atomic E-state index is 6.53. The second kappa shape index (κ2) is 11.9. The van der Waals surface area contributed by atoms with Gasteiger partial charge in [-0.25, -0.2) is 15.0 Å². The molecule has 0 unspecified atom stereocenters. The van der Waals surface area contributed by atoms with E-state index in [1.165, 1.54) is 27.3 Å². The summed E-state index contributed by atoms with van der Waals surface area (Å²) in [4.78, 5) is 15.1. The van der Waals surface area contributed by atoms with Gasteiger partial charge in [-0.05, 0) is 74.1 Å². The number of rotatable bonds is 5. The number of benzene rings is 8. The molecule has 0 aliphatic rings. The van der Waals surface area contributed by atoms with Gasteiger partial charge in [-0.3, -0.25) is 0 Å². The molecule has 0 bridgehead atoms. The van der Waals surface area contributed by atoms with Crippen LogP contribution in [0.15, 0.2) is 180 Å². The minimum absolute atomic E-state index is 0.593. The highest BCUT2D eigenvalue weighted by Gasteiger charge is 2.17. The number of furan rings is 1. The summed E-state index contributed by atoms with van der Waals surface area (Å²) in [5, 5.41) is 6.94. The van der Waals surface area contributed by atoms with Crippen LogP contribution < -0.4 is 0 Å². The van der Waals surface area contributed by atoms with Crippen molar-refractivity contribution in [3.8, 4) is 56.4 Å². The maximum absolute atomic E-state index is 6.53. The van der Waals surface area contributed by atoms with E-state index in [0.29, 0.717) is 17.5 Å². The fourth-order valence-electron chi connectivity index (χ4n) is 7.20. The Labute approximate surface area is 294 Å². The average molecular weight is 652 g/mol. The molecule has 0 spiro atoms. The Morgan fingerprint density at radius 2 is 0.902 bits per heavy atom. The monoisotopic (exact) mass is 651 g/mol. The second-order valence-corrected chi connectivity index (χ2v) is 12.8. The van der Waals surface area contributed by atoms with Gasteiger partial charge in [0.2, 0.25) is 0 Å². The van der Waals surface area contributed by atoms with Crippen LogP contribution in [0, 0.1) is 0 Å². The van der Waals surface area contributed by atoms with E-state index in [4.69, 9.17) is 19.4 Å². The van der Waals surface area contributed by atoms with Crippen molar-refractivity contribution in [2.45, 2.75) is 0 Å². The van der Waals surface area contributed by atoms with Crippen molar-refractivity contribution in [3.05, 3.63) is 176 Å². The van der Waals surface area contributed by atoms with E-state index < -0.39 is 0 Å².